The van der Waals surface area contributed by atoms with Gasteiger partial charge in [0.15, 0.2) is 5.82 Å². The summed E-state index contributed by atoms with van der Waals surface area (Å²) < 4.78 is 4.55. The molecule has 14 nitrogen and oxygen atoms in total. The number of fused-ring (bicyclic) bond motifs is 3. The van der Waals surface area contributed by atoms with Crippen molar-refractivity contribution >= 4 is 29.8 Å². The molecule has 0 saturated carbocycles. The highest BCUT2D eigenvalue weighted by atomic mass is 16.2. The van der Waals surface area contributed by atoms with Gasteiger partial charge in [-0.2, -0.15) is 10.1 Å². The molecule has 0 atom stereocenters. The molecule has 0 N–H and O–H groups in total. The number of hydrogen-bond acceptors (Lipinski definition) is 10. The van der Waals surface area contributed by atoms with Crippen LogP contribution in [-0.2, 0) is 5.54 Å². The van der Waals surface area contributed by atoms with Crippen LogP contribution in [0.3, 0.4) is 0 Å². The smallest absolute Gasteiger partial charge is 0.324 e. The van der Waals surface area contributed by atoms with Gasteiger partial charge in [-0.25, -0.2) is 19.4 Å². The van der Waals surface area contributed by atoms with Gasteiger partial charge in [0.25, 0.3) is 5.78 Å². The van der Waals surface area contributed by atoms with Gasteiger partial charge in [-0.15, -0.1) is 24.6 Å². The summed E-state index contributed by atoms with van der Waals surface area (Å²) in [5.41, 5.74) is 2.34. The molecule has 4 aromatic heterocycles. The third kappa shape index (κ3) is 6.79. The van der Waals surface area contributed by atoms with E-state index < -0.39 is 0 Å². The Bertz CT molecular complexity index is 1630. The Morgan fingerprint density at radius 2 is 1.35 bits per heavy atom. The first kappa shape index (κ1) is 32.6. The molecule has 0 radical (unpaired) electrons. The monoisotopic (exact) mass is 589 g/mol. The second kappa shape index (κ2) is 11.8. The van der Waals surface area contributed by atoms with Crippen LogP contribution in [0.25, 0.3) is 17.2 Å². The molecule has 230 valence electrons. The van der Waals surface area contributed by atoms with Crippen molar-refractivity contribution in [3.8, 4) is 0 Å². The highest BCUT2D eigenvalue weighted by molar-refractivity contribution is 5.77. The SMILES string of the molecule is C.C=C1c2cccn2N=CN1C(C)(C)C.C=C1c2ncnn2N=CN1C(C)(C)C.CC(C)(C)n1cnc2ncnn2c1=O. The average Bonchev–Trinajstić information content (AvgIpc) is 3.64. The zero-order chi connectivity index (χ0) is 31.0. The van der Waals surface area contributed by atoms with Crippen molar-refractivity contribution in [2.24, 2.45) is 10.2 Å². The van der Waals surface area contributed by atoms with E-state index in [1.54, 1.807) is 6.34 Å². The Hall–Kier alpha value is -4.88. The molecule has 0 saturated heterocycles. The van der Waals surface area contributed by atoms with E-state index in [4.69, 9.17) is 0 Å². The van der Waals surface area contributed by atoms with Gasteiger partial charge >= 0.3 is 5.69 Å². The Balaban J connectivity index is 0.000000175. The minimum absolute atomic E-state index is 0. The molecular formula is C29H43N13O. The molecule has 0 unspecified atom stereocenters. The van der Waals surface area contributed by atoms with Gasteiger partial charge in [-0.05, 0) is 74.4 Å². The molecule has 2 aliphatic heterocycles. The van der Waals surface area contributed by atoms with Crippen LogP contribution in [0, 0.1) is 0 Å². The molecule has 2 aliphatic rings. The lowest BCUT2D eigenvalue weighted by Gasteiger charge is -2.37. The number of rotatable bonds is 0. The van der Waals surface area contributed by atoms with Gasteiger partial charge in [0, 0.05) is 22.8 Å². The zero-order valence-corrected chi connectivity index (χ0v) is 25.8. The maximum atomic E-state index is 11.8. The van der Waals surface area contributed by atoms with Crippen LogP contribution < -0.4 is 5.69 Å². The van der Waals surface area contributed by atoms with Crippen LogP contribution >= 0.6 is 0 Å². The van der Waals surface area contributed by atoms with E-state index >= 15 is 0 Å². The molecule has 0 aliphatic carbocycles. The van der Waals surface area contributed by atoms with Gasteiger partial charge in [0.1, 0.15) is 31.7 Å². The molecule has 43 heavy (non-hydrogen) atoms. The minimum Gasteiger partial charge on any atom is -0.324 e. The van der Waals surface area contributed by atoms with Gasteiger partial charge in [0.05, 0.1) is 17.1 Å². The van der Waals surface area contributed by atoms with Crippen LogP contribution in [0.1, 0.15) is 81.3 Å². The van der Waals surface area contributed by atoms with E-state index in [0.717, 1.165) is 17.1 Å². The number of aromatic nitrogens is 9. The molecule has 14 heteroatoms. The quantitative estimate of drug-likeness (QED) is 0.298. The molecule has 6 rings (SSSR count). The third-order valence-corrected chi connectivity index (χ3v) is 6.34. The van der Waals surface area contributed by atoms with Gasteiger partial charge in [-0.3, -0.25) is 4.57 Å². The Morgan fingerprint density at radius 1 is 0.744 bits per heavy atom. The Labute approximate surface area is 252 Å². The summed E-state index contributed by atoms with van der Waals surface area (Å²) in [5, 5.41) is 16.2. The summed E-state index contributed by atoms with van der Waals surface area (Å²) in [5.74, 6) is 1.03. The summed E-state index contributed by atoms with van der Waals surface area (Å²) in [7, 11) is 0. The fourth-order valence-electron chi connectivity index (χ4n) is 4.13. The fraction of sp³-hybridized carbons (Fsp3) is 0.448. The van der Waals surface area contributed by atoms with Crippen molar-refractivity contribution in [2.45, 2.75) is 86.4 Å². The second-order valence-corrected chi connectivity index (χ2v) is 12.7. The van der Waals surface area contributed by atoms with Crippen LogP contribution in [0.5, 0.6) is 0 Å². The largest absolute Gasteiger partial charge is 0.353 e. The zero-order valence-electron chi connectivity index (χ0n) is 25.8. The van der Waals surface area contributed by atoms with Crippen LogP contribution in [0.15, 0.2) is 65.5 Å². The van der Waals surface area contributed by atoms with E-state index in [2.05, 4.69) is 95.0 Å². The molecular weight excluding hydrogens is 546 g/mol. The first-order valence-corrected chi connectivity index (χ1v) is 13.4. The molecule has 0 amide bonds. The highest BCUT2D eigenvalue weighted by Gasteiger charge is 2.28. The molecule has 0 fully saturated rings. The maximum Gasteiger partial charge on any atom is 0.353 e. The van der Waals surface area contributed by atoms with E-state index in [-0.39, 0.29) is 29.7 Å². The van der Waals surface area contributed by atoms with Gasteiger partial charge < -0.3 is 9.80 Å². The molecule has 4 aromatic rings. The number of nitrogens with zero attached hydrogens (tertiary/aromatic N) is 13. The van der Waals surface area contributed by atoms with Crippen molar-refractivity contribution in [3.05, 3.63) is 72.5 Å². The van der Waals surface area contributed by atoms with Gasteiger partial charge in [-0.1, -0.05) is 20.6 Å². The van der Waals surface area contributed by atoms with Crippen molar-refractivity contribution in [3.63, 3.8) is 0 Å². The number of hydrogen-bond donors (Lipinski definition) is 0. The van der Waals surface area contributed by atoms with Crippen molar-refractivity contribution in [2.75, 3.05) is 0 Å². The predicted molar refractivity (Wildman–Crippen MR) is 170 cm³/mol. The van der Waals surface area contributed by atoms with E-state index in [1.165, 1.54) is 32.9 Å². The lowest BCUT2D eigenvalue weighted by molar-refractivity contribution is 0.325. The summed E-state index contributed by atoms with van der Waals surface area (Å²) in [6.45, 7) is 26.6. The van der Waals surface area contributed by atoms with Crippen molar-refractivity contribution < 1.29 is 0 Å². The molecule has 6 heterocycles. The average molecular weight is 590 g/mol. The normalized spacial score (nSPS) is 14.3. The van der Waals surface area contributed by atoms with Crippen LogP contribution in [0.4, 0.5) is 0 Å². The van der Waals surface area contributed by atoms with E-state index in [0.29, 0.717) is 11.6 Å². The highest BCUT2D eigenvalue weighted by Crippen LogP contribution is 2.27. The van der Waals surface area contributed by atoms with Crippen LogP contribution in [0.2, 0.25) is 0 Å². The lowest BCUT2D eigenvalue weighted by atomic mass is 10.1. The standard InChI is InChI=1S/C11H15N3.C9H13N5.C8H11N5O.CH4/c1-9-10-6-5-7-14(10)12-8-13(9)11(2,3)4;1-7-8-10-5-11-14(8)12-6-13(7)9(2,3)4;1-8(2,3)12-5-10-6-9-4-11-13(6)7(12)14;/h5-8H,1H2,2-4H3;5-6H,1H2,2-4H3;4-5H,1-3H3;1H4. The molecule has 0 spiro atoms. The Morgan fingerprint density at radius 3 is 1.98 bits per heavy atom. The topological polar surface area (TPSA) is 132 Å². The molecule has 0 aromatic carbocycles. The van der Waals surface area contributed by atoms with Crippen molar-refractivity contribution in [1.29, 1.82) is 0 Å². The minimum atomic E-state index is -0.301. The third-order valence-electron chi connectivity index (χ3n) is 6.34. The maximum absolute atomic E-state index is 11.8. The van der Waals surface area contributed by atoms with Crippen LogP contribution in [-0.4, -0.2) is 77.3 Å². The van der Waals surface area contributed by atoms with Gasteiger partial charge in [0.2, 0.25) is 0 Å². The predicted octanol–water partition coefficient (Wildman–Crippen LogP) is 4.20. The molecule has 0 bridgehead atoms. The first-order valence-electron chi connectivity index (χ1n) is 13.4. The van der Waals surface area contributed by atoms with Crippen molar-refractivity contribution in [1.82, 2.24) is 53.5 Å². The summed E-state index contributed by atoms with van der Waals surface area (Å²) in [4.78, 5) is 29.3. The van der Waals surface area contributed by atoms with E-state index in [9.17, 15) is 4.79 Å². The summed E-state index contributed by atoms with van der Waals surface area (Å²) >= 11 is 0. The fourth-order valence-corrected chi connectivity index (χ4v) is 4.13. The Kier molecular flexibility index (Phi) is 8.94. The summed E-state index contributed by atoms with van der Waals surface area (Å²) in [6.07, 6.45) is 9.77. The second-order valence-electron chi connectivity index (χ2n) is 12.7. The summed E-state index contributed by atoms with van der Waals surface area (Å²) in [6, 6.07) is 4.00. The van der Waals surface area contributed by atoms with E-state index in [1.807, 2.05) is 55.0 Å². The first-order chi connectivity index (χ1) is 19.5. The lowest BCUT2D eigenvalue weighted by Crippen LogP contribution is -2.41.